The Morgan fingerprint density at radius 1 is 1.00 bits per heavy atom. The molecule has 2 N–H and O–H groups in total. The molecule has 0 bridgehead atoms. The maximum absolute atomic E-state index is 11.9. The Morgan fingerprint density at radius 2 is 1.62 bits per heavy atom. The van der Waals surface area contributed by atoms with Crippen molar-refractivity contribution in [2.24, 2.45) is 5.92 Å². The molecule has 0 atom stereocenters. The lowest BCUT2D eigenvalue weighted by Gasteiger charge is -2.09. The van der Waals surface area contributed by atoms with Gasteiger partial charge in [0.2, 0.25) is 5.91 Å². The lowest BCUT2D eigenvalue weighted by atomic mass is 10.2. The average Bonchev–Trinajstić information content (AvgIpc) is 3.41. The van der Waals surface area contributed by atoms with Gasteiger partial charge in [0.25, 0.3) is 5.91 Å². The molecule has 1 fully saturated rings. The van der Waals surface area contributed by atoms with Crippen LogP contribution in [0.4, 0.5) is 11.4 Å². The highest BCUT2D eigenvalue weighted by atomic mass is 35.5. The number of hydrogen-bond acceptors (Lipinski definition) is 3. The van der Waals surface area contributed by atoms with Crippen molar-refractivity contribution in [3.8, 4) is 5.75 Å². The number of halogens is 1. The fraction of sp³-hybridized carbons (Fsp3) is 0.222. The summed E-state index contributed by atoms with van der Waals surface area (Å²) in [5.74, 6) is 0.392. The molecular formula is C18H17ClN2O3. The van der Waals surface area contributed by atoms with Gasteiger partial charge < -0.3 is 15.4 Å². The van der Waals surface area contributed by atoms with E-state index < -0.39 is 0 Å². The Morgan fingerprint density at radius 3 is 2.25 bits per heavy atom. The molecule has 124 valence electrons. The number of anilines is 2. The Balaban J connectivity index is 1.49. The van der Waals surface area contributed by atoms with Crippen molar-refractivity contribution < 1.29 is 14.3 Å². The van der Waals surface area contributed by atoms with E-state index in [9.17, 15) is 9.59 Å². The van der Waals surface area contributed by atoms with Gasteiger partial charge in [-0.15, -0.1) is 0 Å². The summed E-state index contributed by atoms with van der Waals surface area (Å²) in [6.45, 7) is -0.135. The molecule has 2 amide bonds. The molecule has 0 spiro atoms. The van der Waals surface area contributed by atoms with Crippen LogP contribution in [0, 0.1) is 5.92 Å². The van der Waals surface area contributed by atoms with Crippen LogP contribution in [0.15, 0.2) is 48.5 Å². The van der Waals surface area contributed by atoms with Crippen molar-refractivity contribution in [3.63, 3.8) is 0 Å². The molecule has 6 heteroatoms. The molecule has 2 aromatic carbocycles. The molecule has 1 aliphatic carbocycles. The van der Waals surface area contributed by atoms with Crippen molar-refractivity contribution in [1.29, 1.82) is 0 Å². The normalized spacial score (nSPS) is 13.2. The molecule has 1 aliphatic rings. The third kappa shape index (κ3) is 4.49. The predicted molar refractivity (Wildman–Crippen MR) is 93.4 cm³/mol. The highest BCUT2D eigenvalue weighted by Crippen LogP contribution is 2.30. The van der Waals surface area contributed by atoms with Gasteiger partial charge in [-0.05, 0) is 49.2 Å². The van der Waals surface area contributed by atoms with E-state index in [1.807, 2.05) is 0 Å². The second-order valence-electron chi connectivity index (χ2n) is 5.61. The Hall–Kier alpha value is -2.53. The van der Waals surface area contributed by atoms with Gasteiger partial charge in [-0.3, -0.25) is 9.59 Å². The second-order valence-corrected chi connectivity index (χ2v) is 6.02. The second kappa shape index (κ2) is 7.36. The van der Waals surface area contributed by atoms with Gasteiger partial charge in [-0.1, -0.05) is 23.7 Å². The van der Waals surface area contributed by atoms with E-state index in [1.165, 1.54) is 0 Å². The summed E-state index contributed by atoms with van der Waals surface area (Å²) < 4.78 is 5.38. The Kier molecular flexibility index (Phi) is 5.01. The number of carbonyl (C=O) groups excluding carboxylic acids is 2. The van der Waals surface area contributed by atoms with Crippen LogP contribution in [-0.4, -0.2) is 18.4 Å². The Bertz CT molecular complexity index is 742. The van der Waals surface area contributed by atoms with Gasteiger partial charge in [-0.25, -0.2) is 0 Å². The smallest absolute Gasteiger partial charge is 0.262 e. The minimum absolute atomic E-state index is 0.0555. The van der Waals surface area contributed by atoms with E-state index in [2.05, 4.69) is 10.6 Å². The monoisotopic (exact) mass is 344 g/mol. The van der Waals surface area contributed by atoms with E-state index in [1.54, 1.807) is 48.5 Å². The number of rotatable bonds is 6. The van der Waals surface area contributed by atoms with Crippen LogP contribution in [0.1, 0.15) is 12.8 Å². The van der Waals surface area contributed by atoms with Crippen molar-refractivity contribution in [2.45, 2.75) is 12.8 Å². The quantitative estimate of drug-likeness (QED) is 0.839. The van der Waals surface area contributed by atoms with E-state index in [0.29, 0.717) is 16.5 Å². The van der Waals surface area contributed by atoms with Gasteiger partial charge in [0.1, 0.15) is 5.75 Å². The number of nitrogens with one attached hydrogen (secondary N) is 2. The molecule has 0 aliphatic heterocycles. The number of hydrogen-bond donors (Lipinski definition) is 2. The zero-order chi connectivity index (χ0) is 16.9. The first-order valence-electron chi connectivity index (χ1n) is 7.70. The summed E-state index contributed by atoms with van der Waals surface area (Å²) in [5, 5.41) is 6.03. The van der Waals surface area contributed by atoms with Crippen LogP contribution in [0.5, 0.6) is 5.75 Å². The third-order valence-electron chi connectivity index (χ3n) is 3.58. The standard InChI is InChI=1S/C18H17ClN2O3/c19-15-3-1-2-4-16(15)24-11-17(22)20-13-7-9-14(10-8-13)21-18(23)12-5-6-12/h1-4,7-10,12H,5-6,11H2,(H,20,22)(H,21,23). The number of ether oxygens (including phenoxy) is 1. The van der Waals surface area contributed by atoms with E-state index >= 15 is 0 Å². The predicted octanol–water partition coefficient (Wildman–Crippen LogP) is 3.71. The summed E-state index contributed by atoms with van der Waals surface area (Å²) in [6.07, 6.45) is 1.93. The summed E-state index contributed by atoms with van der Waals surface area (Å²) >= 11 is 5.96. The molecule has 24 heavy (non-hydrogen) atoms. The van der Waals surface area contributed by atoms with Gasteiger partial charge in [-0.2, -0.15) is 0 Å². The molecule has 2 aromatic rings. The maximum atomic E-state index is 11.9. The zero-order valence-corrected chi connectivity index (χ0v) is 13.7. The molecule has 5 nitrogen and oxygen atoms in total. The highest BCUT2D eigenvalue weighted by Gasteiger charge is 2.29. The SMILES string of the molecule is O=C(COc1ccccc1Cl)Nc1ccc(NC(=O)C2CC2)cc1. The van der Waals surface area contributed by atoms with Gasteiger partial charge in [0.05, 0.1) is 5.02 Å². The molecule has 0 radical (unpaired) electrons. The minimum Gasteiger partial charge on any atom is -0.482 e. The lowest BCUT2D eigenvalue weighted by molar-refractivity contribution is -0.118. The fourth-order valence-electron chi connectivity index (χ4n) is 2.13. The summed E-state index contributed by atoms with van der Waals surface area (Å²) in [6, 6.07) is 13.9. The minimum atomic E-state index is -0.287. The first-order valence-corrected chi connectivity index (χ1v) is 8.08. The highest BCUT2D eigenvalue weighted by molar-refractivity contribution is 6.32. The van der Waals surface area contributed by atoms with Crippen LogP contribution in [-0.2, 0) is 9.59 Å². The van der Waals surface area contributed by atoms with E-state index in [-0.39, 0.29) is 24.3 Å². The topological polar surface area (TPSA) is 67.4 Å². The zero-order valence-electron chi connectivity index (χ0n) is 12.9. The summed E-state index contributed by atoms with van der Waals surface area (Å²) in [5.41, 5.74) is 1.35. The van der Waals surface area contributed by atoms with Crippen LogP contribution < -0.4 is 15.4 Å². The van der Waals surface area contributed by atoms with Gasteiger partial charge in [0, 0.05) is 17.3 Å². The largest absolute Gasteiger partial charge is 0.482 e. The molecule has 0 aromatic heterocycles. The molecular weight excluding hydrogens is 328 g/mol. The summed E-state index contributed by atoms with van der Waals surface area (Å²) in [7, 11) is 0. The molecule has 0 saturated heterocycles. The van der Waals surface area contributed by atoms with E-state index in [4.69, 9.17) is 16.3 Å². The van der Waals surface area contributed by atoms with Crippen molar-refractivity contribution in [2.75, 3.05) is 17.2 Å². The fourth-order valence-corrected chi connectivity index (χ4v) is 2.32. The number of benzene rings is 2. The van der Waals surface area contributed by atoms with Crippen molar-refractivity contribution >= 4 is 34.8 Å². The van der Waals surface area contributed by atoms with Gasteiger partial charge in [0.15, 0.2) is 6.61 Å². The summed E-state index contributed by atoms with van der Waals surface area (Å²) in [4.78, 5) is 23.6. The molecule has 0 heterocycles. The maximum Gasteiger partial charge on any atom is 0.262 e. The first-order chi connectivity index (χ1) is 11.6. The van der Waals surface area contributed by atoms with E-state index in [0.717, 1.165) is 18.5 Å². The van der Waals surface area contributed by atoms with Crippen LogP contribution >= 0.6 is 11.6 Å². The number of para-hydroxylation sites is 1. The first kappa shape index (κ1) is 16.3. The van der Waals surface area contributed by atoms with Crippen LogP contribution in [0.3, 0.4) is 0 Å². The van der Waals surface area contributed by atoms with Crippen molar-refractivity contribution in [1.82, 2.24) is 0 Å². The van der Waals surface area contributed by atoms with Crippen molar-refractivity contribution in [3.05, 3.63) is 53.6 Å². The average molecular weight is 345 g/mol. The molecule has 0 unspecified atom stereocenters. The Labute approximate surface area is 145 Å². The number of amides is 2. The molecule has 3 rings (SSSR count). The lowest BCUT2D eigenvalue weighted by Crippen LogP contribution is -2.20. The molecule has 1 saturated carbocycles. The van der Waals surface area contributed by atoms with Crippen LogP contribution in [0.25, 0.3) is 0 Å². The number of carbonyl (C=O) groups is 2. The third-order valence-corrected chi connectivity index (χ3v) is 3.89. The van der Waals surface area contributed by atoms with Gasteiger partial charge >= 0.3 is 0 Å². The van der Waals surface area contributed by atoms with Crippen LogP contribution in [0.2, 0.25) is 5.02 Å².